The Hall–Kier alpha value is -1.94. The summed E-state index contributed by atoms with van der Waals surface area (Å²) in [7, 11) is 1.60. The topological polar surface area (TPSA) is 141 Å². The third-order valence-electron chi connectivity index (χ3n) is 11.9. The van der Waals surface area contributed by atoms with Gasteiger partial charge in [-0.25, -0.2) is 0 Å². The number of esters is 2. The third kappa shape index (κ3) is 55.4. The highest BCUT2D eigenvalue weighted by molar-refractivity contribution is 5.75. The Labute approximate surface area is 429 Å². The highest BCUT2D eigenvalue weighted by atomic mass is 16.6. The number of hydrogen-bond acceptors (Lipinski definition) is 13. The van der Waals surface area contributed by atoms with Crippen LogP contribution in [0, 0.1) is 0 Å². The molecule has 0 bridgehead atoms. The van der Waals surface area contributed by atoms with Crippen molar-refractivity contribution in [2.24, 2.45) is 0 Å². The van der Waals surface area contributed by atoms with E-state index in [2.05, 4.69) is 48.8 Å². The van der Waals surface area contributed by atoms with Gasteiger partial charge in [-0.2, -0.15) is 0 Å². The molecule has 0 aliphatic rings. The molecule has 2 atom stereocenters. The van der Waals surface area contributed by atoms with Gasteiger partial charge in [-0.15, -0.1) is 0 Å². The van der Waals surface area contributed by atoms with Gasteiger partial charge in [-0.05, 0) is 71.1 Å². The van der Waals surface area contributed by atoms with Crippen molar-refractivity contribution in [3.63, 3.8) is 0 Å². The van der Waals surface area contributed by atoms with E-state index in [4.69, 9.17) is 42.6 Å². The van der Waals surface area contributed by atoms with Crippen LogP contribution in [0.1, 0.15) is 201 Å². The number of rotatable bonds is 59. The molecule has 0 amide bonds. The van der Waals surface area contributed by atoms with E-state index in [1.807, 2.05) is 0 Å². The molecule has 0 aliphatic carbocycles. The van der Waals surface area contributed by atoms with Crippen LogP contribution in [0.15, 0.2) is 24.3 Å². The largest absolute Gasteiger partial charge is 0.463 e. The normalized spacial score (nSPS) is 12.7. The Morgan fingerprint density at radius 1 is 0.429 bits per heavy atom. The fourth-order valence-corrected chi connectivity index (χ4v) is 7.55. The summed E-state index contributed by atoms with van der Waals surface area (Å²) in [5.41, 5.74) is 0. The average Bonchev–Trinajstić information content (AvgIpc) is 3.36. The number of carbonyl (C=O) groups is 2. The lowest BCUT2D eigenvalue weighted by atomic mass is 10.1. The molecule has 0 rings (SSSR count). The third-order valence-corrected chi connectivity index (χ3v) is 11.9. The lowest BCUT2D eigenvalue weighted by Gasteiger charge is -2.18. The summed E-state index contributed by atoms with van der Waals surface area (Å²) < 4.78 is 50.4. The number of allylic oxidation sites excluding steroid dienone is 4. The van der Waals surface area contributed by atoms with Gasteiger partial charge in [0.25, 0.3) is 0 Å². The predicted molar refractivity (Wildman–Crippen MR) is 287 cm³/mol. The molecule has 0 aromatic rings. The summed E-state index contributed by atoms with van der Waals surface area (Å²) in [6, 6.07) is -0.427. The summed E-state index contributed by atoms with van der Waals surface area (Å²) in [5.74, 6) is -0.754. The van der Waals surface area contributed by atoms with Gasteiger partial charge >= 0.3 is 11.9 Å². The Morgan fingerprint density at radius 2 is 0.843 bits per heavy atom. The van der Waals surface area contributed by atoms with Gasteiger partial charge in [0, 0.05) is 33.4 Å². The summed E-state index contributed by atoms with van der Waals surface area (Å²) in [6.07, 6.45) is 45.9. The molecular weight excluding hydrogens is 889 g/mol. The molecule has 2 unspecified atom stereocenters. The van der Waals surface area contributed by atoms with Crippen LogP contribution in [0.3, 0.4) is 0 Å². The highest BCUT2D eigenvalue weighted by Gasteiger charge is 2.13. The molecule has 13 heteroatoms. The molecule has 0 heterocycles. The molecule has 0 saturated heterocycles. The second kappa shape index (κ2) is 59.6. The SMILES string of the molecule is CCCCCCCC/C=C\CCCCCCCCOCC(COCCOCCOCCOCCOC(=O)CNCCOC(=O)C(C)NCCOC)OCCCCCCCC/C=C\CCCCCCCC. The minimum absolute atomic E-state index is 0.0206. The molecule has 0 spiro atoms. The number of carbonyl (C=O) groups excluding carboxylic acids is 2. The number of methoxy groups -OCH3 is 1. The zero-order valence-corrected chi connectivity index (χ0v) is 45.8. The molecule has 414 valence electrons. The van der Waals surface area contributed by atoms with Crippen molar-refractivity contribution >= 4 is 11.9 Å². The first-order valence-electron chi connectivity index (χ1n) is 28.6. The smallest absolute Gasteiger partial charge is 0.322 e. The van der Waals surface area contributed by atoms with Gasteiger partial charge in [0.1, 0.15) is 25.4 Å². The fraction of sp³-hybridized carbons (Fsp3) is 0.895. The molecule has 0 saturated carbocycles. The average molecular weight is 1000 g/mol. The van der Waals surface area contributed by atoms with E-state index in [9.17, 15) is 9.59 Å². The van der Waals surface area contributed by atoms with Crippen LogP contribution in [-0.2, 0) is 52.2 Å². The van der Waals surface area contributed by atoms with Gasteiger partial charge in [-0.1, -0.05) is 154 Å². The van der Waals surface area contributed by atoms with Gasteiger partial charge in [0.15, 0.2) is 0 Å². The van der Waals surface area contributed by atoms with Crippen molar-refractivity contribution in [3.05, 3.63) is 24.3 Å². The second-order valence-corrected chi connectivity index (χ2v) is 18.6. The van der Waals surface area contributed by atoms with Crippen LogP contribution >= 0.6 is 0 Å². The molecule has 0 aliphatic heterocycles. The molecular formula is C57H110N2O11. The maximum absolute atomic E-state index is 11.9. The molecule has 70 heavy (non-hydrogen) atoms. The minimum atomic E-state index is -0.427. The van der Waals surface area contributed by atoms with E-state index in [-0.39, 0.29) is 38.4 Å². The van der Waals surface area contributed by atoms with Crippen LogP contribution in [0.2, 0.25) is 0 Å². The lowest BCUT2D eigenvalue weighted by molar-refractivity contribution is -0.145. The van der Waals surface area contributed by atoms with Gasteiger partial charge in [0.2, 0.25) is 0 Å². The summed E-state index contributed by atoms with van der Waals surface area (Å²) in [5, 5.41) is 5.91. The molecule has 0 fully saturated rings. The fourth-order valence-electron chi connectivity index (χ4n) is 7.55. The second-order valence-electron chi connectivity index (χ2n) is 18.6. The van der Waals surface area contributed by atoms with E-state index < -0.39 is 12.0 Å². The zero-order valence-electron chi connectivity index (χ0n) is 45.8. The van der Waals surface area contributed by atoms with Crippen LogP contribution in [-0.4, -0.2) is 143 Å². The van der Waals surface area contributed by atoms with E-state index >= 15 is 0 Å². The zero-order chi connectivity index (χ0) is 50.7. The van der Waals surface area contributed by atoms with E-state index in [0.717, 1.165) is 26.1 Å². The highest BCUT2D eigenvalue weighted by Crippen LogP contribution is 2.12. The maximum Gasteiger partial charge on any atom is 0.322 e. The molecule has 0 aromatic heterocycles. The van der Waals surface area contributed by atoms with Crippen LogP contribution in [0.4, 0.5) is 0 Å². The Morgan fingerprint density at radius 3 is 1.33 bits per heavy atom. The number of ether oxygens (including phenoxy) is 9. The minimum Gasteiger partial charge on any atom is -0.463 e. The summed E-state index contributed by atoms with van der Waals surface area (Å²) in [6.45, 7) is 13.6. The first kappa shape index (κ1) is 68.1. The predicted octanol–water partition coefficient (Wildman–Crippen LogP) is 11.8. The molecule has 13 nitrogen and oxygen atoms in total. The molecule has 0 aromatic carbocycles. The standard InChI is InChI=1S/C57H110N2O11/c1-5-7-9-11-13-15-17-19-21-23-25-27-29-31-33-35-39-66-52-55(68-40-36-34-32-30-28-26-24-22-20-18-16-14-12-10-8-6-2)53-67-48-47-64-44-43-63-45-46-65-49-50-69-56(60)51-58-37-42-70-57(61)54(3)59-38-41-62-4/h19-22,54-55,58-59H,5-18,23-53H2,1-4H3/b21-19-,22-20-. The van der Waals surface area contributed by atoms with Crippen LogP contribution in [0.5, 0.6) is 0 Å². The van der Waals surface area contributed by atoms with Crippen LogP contribution < -0.4 is 10.6 Å². The Kier molecular flexibility index (Phi) is 58.0. The van der Waals surface area contributed by atoms with Crippen molar-refractivity contribution in [2.45, 2.75) is 213 Å². The Bertz CT molecular complexity index is 1110. The van der Waals surface area contributed by atoms with Crippen LogP contribution in [0.25, 0.3) is 0 Å². The van der Waals surface area contributed by atoms with Crippen molar-refractivity contribution in [1.29, 1.82) is 0 Å². The first-order chi connectivity index (χ1) is 34.5. The molecule has 2 N–H and O–H groups in total. The van der Waals surface area contributed by atoms with Crippen molar-refractivity contribution in [2.75, 3.05) is 119 Å². The van der Waals surface area contributed by atoms with Crippen molar-refractivity contribution in [3.8, 4) is 0 Å². The number of unbranched alkanes of at least 4 members (excludes halogenated alkanes) is 24. The van der Waals surface area contributed by atoms with Crippen molar-refractivity contribution in [1.82, 2.24) is 10.6 Å². The number of hydrogen-bond donors (Lipinski definition) is 2. The summed E-state index contributed by atoms with van der Waals surface area (Å²) in [4.78, 5) is 23.8. The maximum atomic E-state index is 11.9. The van der Waals surface area contributed by atoms with E-state index in [1.54, 1.807) is 14.0 Å². The Balaban J connectivity index is 4.07. The monoisotopic (exact) mass is 999 g/mol. The van der Waals surface area contributed by atoms with Gasteiger partial charge in [-0.3, -0.25) is 9.59 Å². The summed E-state index contributed by atoms with van der Waals surface area (Å²) >= 11 is 0. The van der Waals surface area contributed by atoms with E-state index in [1.165, 1.54) is 167 Å². The van der Waals surface area contributed by atoms with E-state index in [0.29, 0.717) is 72.6 Å². The lowest BCUT2D eigenvalue weighted by Crippen LogP contribution is -2.38. The first-order valence-corrected chi connectivity index (χ1v) is 28.6. The molecule has 0 radical (unpaired) electrons. The number of nitrogens with one attached hydrogen (secondary N) is 2. The van der Waals surface area contributed by atoms with Gasteiger partial charge < -0.3 is 53.3 Å². The van der Waals surface area contributed by atoms with Gasteiger partial charge in [0.05, 0.1) is 72.6 Å². The quantitative estimate of drug-likeness (QED) is 0.0339. The van der Waals surface area contributed by atoms with Crippen molar-refractivity contribution < 1.29 is 52.2 Å².